The average Bonchev–Trinajstić information content (AvgIpc) is 3.37. The lowest BCUT2D eigenvalue weighted by Gasteiger charge is -2.10. The van der Waals surface area contributed by atoms with E-state index in [1.165, 1.54) is 5.56 Å². The fourth-order valence-corrected chi connectivity index (χ4v) is 3.15. The molecule has 0 aliphatic carbocycles. The Balaban J connectivity index is 1.50. The lowest BCUT2D eigenvalue weighted by molar-refractivity contribution is 0.336. The van der Waals surface area contributed by atoms with E-state index < -0.39 is 0 Å². The van der Waals surface area contributed by atoms with Crippen LogP contribution < -0.4 is 4.74 Å². The van der Waals surface area contributed by atoms with Gasteiger partial charge < -0.3 is 9.30 Å². The van der Waals surface area contributed by atoms with Crippen LogP contribution in [0.3, 0.4) is 0 Å². The third-order valence-corrected chi connectivity index (χ3v) is 4.56. The van der Waals surface area contributed by atoms with Gasteiger partial charge in [0.15, 0.2) is 0 Å². The Kier molecular flexibility index (Phi) is 5.14. The molecule has 0 unspecified atom stereocenters. The fraction of sp³-hybridized carbons (Fsp3) is 0.238. The van der Waals surface area contributed by atoms with E-state index in [-0.39, 0.29) is 0 Å². The van der Waals surface area contributed by atoms with E-state index in [0.29, 0.717) is 6.61 Å². The number of hydrogen-bond acceptors (Lipinski definition) is 5. The number of pyridine rings is 1. The van der Waals surface area contributed by atoms with Crippen molar-refractivity contribution in [3.05, 3.63) is 66.4 Å². The number of para-hydroxylation sites is 1. The van der Waals surface area contributed by atoms with Crippen molar-refractivity contribution in [2.45, 2.75) is 26.8 Å². The Bertz CT molecular complexity index is 1070. The van der Waals surface area contributed by atoms with Gasteiger partial charge in [-0.15, -0.1) is 0 Å². The van der Waals surface area contributed by atoms with Crippen LogP contribution in [0, 0.1) is 6.92 Å². The third kappa shape index (κ3) is 3.78. The number of nitrogens with one attached hydrogen (secondary N) is 1. The van der Waals surface area contributed by atoms with Crippen LogP contribution in [0.4, 0.5) is 0 Å². The van der Waals surface area contributed by atoms with Crippen LogP contribution in [0.5, 0.6) is 5.75 Å². The van der Waals surface area contributed by atoms with Crippen LogP contribution in [-0.2, 0) is 13.0 Å². The van der Waals surface area contributed by atoms with Gasteiger partial charge in [0.2, 0.25) is 0 Å². The second-order valence-electron chi connectivity index (χ2n) is 6.47. The van der Waals surface area contributed by atoms with Crippen molar-refractivity contribution in [1.29, 1.82) is 0 Å². The van der Waals surface area contributed by atoms with Crippen molar-refractivity contribution in [3.8, 4) is 28.4 Å². The molecule has 28 heavy (non-hydrogen) atoms. The van der Waals surface area contributed by atoms with Crippen molar-refractivity contribution in [3.63, 3.8) is 0 Å². The summed E-state index contributed by atoms with van der Waals surface area (Å²) < 4.78 is 7.79. The number of H-pyrrole nitrogens is 1. The molecule has 7 heteroatoms. The third-order valence-electron chi connectivity index (χ3n) is 4.56. The average molecular weight is 374 g/mol. The number of aryl methyl sites for hydroxylation is 3. The summed E-state index contributed by atoms with van der Waals surface area (Å²) in [4.78, 5) is 8.99. The summed E-state index contributed by atoms with van der Waals surface area (Å²) >= 11 is 0. The Morgan fingerprint density at radius 2 is 1.96 bits per heavy atom. The van der Waals surface area contributed by atoms with Crippen molar-refractivity contribution in [1.82, 2.24) is 29.9 Å². The molecule has 0 fully saturated rings. The van der Waals surface area contributed by atoms with Crippen LogP contribution in [0.25, 0.3) is 22.6 Å². The minimum atomic E-state index is 0.666. The van der Waals surface area contributed by atoms with E-state index in [1.54, 1.807) is 6.20 Å². The summed E-state index contributed by atoms with van der Waals surface area (Å²) in [6, 6.07) is 12.1. The van der Waals surface area contributed by atoms with Crippen molar-refractivity contribution in [2.24, 2.45) is 0 Å². The van der Waals surface area contributed by atoms with Crippen LogP contribution >= 0.6 is 0 Å². The molecule has 4 aromatic rings. The van der Waals surface area contributed by atoms with E-state index in [0.717, 1.165) is 47.1 Å². The summed E-state index contributed by atoms with van der Waals surface area (Å²) in [7, 11) is 0. The maximum Gasteiger partial charge on any atom is 0.122 e. The molecule has 142 valence electrons. The first kappa shape index (κ1) is 17.9. The minimum absolute atomic E-state index is 0.666. The summed E-state index contributed by atoms with van der Waals surface area (Å²) in [5.41, 5.74) is 5.50. The van der Waals surface area contributed by atoms with Crippen molar-refractivity contribution < 1.29 is 4.74 Å². The first-order chi connectivity index (χ1) is 13.7. The van der Waals surface area contributed by atoms with Gasteiger partial charge in [0.05, 0.1) is 24.3 Å². The van der Waals surface area contributed by atoms with Crippen LogP contribution in [-0.4, -0.2) is 36.6 Å². The SMILES string of the molecule is CCOc1ccccc1CCn1cnc(-c2cc(-c3n[nH]nc3C)ccn2)c1. The highest BCUT2D eigenvalue weighted by atomic mass is 16.5. The smallest absolute Gasteiger partial charge is 0.122 e. The van der Waals surface area contributed by atoms with E-state index in [9.17, 15) is 0 Å². The molecular weight excluding hydrogens is 352 g/mol. The number of aromatic nitrogens is 6. The standard InChI is InChI=1S/C21H22N6O/c1-3-28-20-7-5-4-6-16(20)9-11-27-13-19(23-14-27)18-12-17(8-10-22-18)21-15(2)24-26-25-21/h4-8,10,12-14H,3,9,11H2,1-2H3,(H,24,25,26). The molecule has 0 aliphatic heterocycles. The molecule has 0 saturated carbocycles. The maximum atomic E-state index is 5.71. The lowest BCUT2D eigenvalue weighted by Crippen LogP contribution is -2.02. The van der Waals surface area contributed by atoms with E-state index >= 15 is 0 Å². The Hall–Kier alpha value is -3.48. The largest absolute Gasteiger partial charge is 0.494 e. The molecule has 4 rings (SSSR count). The molecule has 0 spiro atoms. The number of ether oxygens (including phenoxy) is 1. The Morgan fingerprint density at radius 3 is 2.79 bits per heavy atom. The molecule has 0 radical (unpaired) electrons. The molecule has 0 amide bonds. The van der Waals surface area contributed by atoms with Gasteiger partial charge in [0.1, 0.15) is 17.1 Å². The molecule has 0 atom stereocenters. The summed E-state index contributed by atoms with van der Waals surface area (Å²) in [6.45, 7) is 5.41. The predicted octanol–water partition coefficient (Wildman–Crippen LogP) is 3.68. The summed E-state index contributed by atoms with van der Waals surface area (Å²) in [5.74, 6) is 0.947. The molecular formula is C21H22N6O. The fourth-order valence-electron chi connectivity index (χ4n) is 3.15. The van der Waals surface area contributed by atoms with Gasteiger partial charge in [-0.3, -0.25) is 4.98 Å². The molecule has 0 saturated heterocycles. The number of imidazole rings is 1. The van der Waals surface area contributed by atoms with Crippen LogP contribution in [0.15, 0.2) is 55.1 Å². The van der Waals surface area contributed by atoms with Crippen LogP contribution in [0.1, 0.15) is 18.2 Å². The van der Waals surface area contributed by atoms with Gasteiger partial charge in [0.25, 0.3) is 0 Å². The van der Waals surface area contributed by atoms with Gasteiger partial charge in [-0.2, -0.15) is 15.4 Å². The monoisotopic (exact) mass is 374 g/mol. The number of aromatic amines is 1. The van der Waals surface area contributed by atoms with Gasteiger partial charge in [-0.25, -0.2) is 4.98 Å². The molecule has 0 aliphatic rings. The van der Waals surface area contributed by atoms with E-state index in [1.807, 2.05) is 56.7 Å². The highest BCUT2D eigenvalue weighted by molar-refractivity contribution is 5.67. The lowest BCUT2D eigenvalue weighted by atomic mass is 10.1. The van der Waals surface area contributed by atoms with E-state index in [2.05, 4.69) is 36.0 Å². The Labute approximate surface area is 163 Å². The minimum Gasteiger partial charge on any atom is -0.494 e. The number of hydrogen-bond donors (Lipinski definition) is 1. The molecule has 1 N–H and O–H groups in total. The molecule has 7 nitrogen and oxygen atoms in total. The maximum absolute atomic E-state index is 5.71. The zero-order chi connectivity index (χ0) is 19.3. The van der Waals surface area contributed by atoms with Gasteiger partial charge in [-0.05, 0) is 44.0 Å². The molecule has 3 aromatic heterocycles. The number of rotatable bonds is 7. The normalized spacial score (nSPS) is 10.9. The quantitative estimate of drug-likeness (QED) is 0.534. The van der Waals surface area contributed by atoms with Gasteiger partial charge in [0, 0.05) is 24.5 Å². The zero-order valence-corrected chi connectivity index (χ0v) is 16.0. The van der Waals surface area contributed by atoms with E-state index in [4.69, 9.17) is 4.74 Å². The number of nitrogens with zero attached hydrogens (tertiary/aromatic N) is 5. The second kappa shape index (κ2) is 8.04. The molecule has 1 aromatic carbocycles. The summed E-state index contributed by atoms with van der Waals surface area (Å²) in [5, 5.41) is 11.0. The molecule has 0 bridgehead atoms. The van der Waals surface area contributed by atoms with Crippen molar-refractivity contribution >= 4 is 0 Å². The van der Waals surface area contributed by atoms with Crippen molar-refractivity contribution in [2.75, 3.05) is 6.61 Å². The topological polar surface area (TPSA) is 81.5 Å². The van der Waals surface area contributed by atoms with Gasteiger partial charge in [-0.1, -0.05) is 18.2 Å². The first-order valence-electron chi connectivity index (χ1n) is 9.31. The highest BCUT2D eigenvalue weighted by Gasteiger charge is 2.10. The highest BCUT2D eigenvalue weighted by Crippen LogP contribution is 2.24. The number of benzene rings is 1. The molecule has 3 heterocycles. The predicted molar refractivity (Wildman–Crippen MR) is 107 cm³/mol. The van der Waals surface area contributed by atoms with Crippen LogP contribution in [0.2, 0.25) is 0 Å². The zero-order valence-electron chi connectivity index (χ0n) is 16.0. The van der Waals surface area contributed by atoms with Gasteiger partial charge >= 0.3 is 0 Å². The second-order valence-corrected chi connectivity index (χ2v) is 6.47. The first-order valence-corrected chi connectivity index (χ1v) is 9.31. The summed E-state index contributed by atoms with van der Waals surface area (Å²) in [6.07, 6.45) is 6.51. The Morgan fingerprint density at radius 1 is 1.07 bits per heavy atom.